The Balaban J connectivity index is 2.28. The number of hydrogen-bond acceptors (Lipinski definition) is 3. The predicted molar refractivity (Wildman–Crippen MR) is 80.4 cm³/mol. The third kappa shape index (κ3) is 3.62. The third-order valence-electron chi connectivity index (χ3n) is 4.35. The van der Waals surface area contributed by atoms with Gasteiger partial charge in [-0.15, -0.1) is 0 Å². The number of hydrogen-bond donors (Lipinski definition) is 1. The summed E-state index contributed by atoms with van der Waals surface area (Å²) in [6.45, 7) is 1.71. The van der Waals surface area contributed by atoms with E-state index in [-0.39, 0.29) is 11.9 Å². The molecule has 1 saturated carbocycles. The van der Waals surface area contributed by atoms with Crippen LogP contribution in [-0.4, -0.2) is 19.1 Å². The van der Waals surface area contributed by atoms with Crippen LogP contribution in [0.1, 0.15) is 51.0 Å². The standard InChI is InChI=1S/C17H24FNO2/c1-17(16(20)21-2,14-11-7-8-12-15(14)18)19-13-9-5-3-4-6-10-13/h7-8,11-13,19H,3-6,9-10H2,1-2H3. The number of esters is 1. The molecule has 0 bridgehead atoms. The summed E-state index contributed by atoms with van der Waals surface area (Å²) in [5.74, 6) is -0.830. The smallest absolute Gasteiger partial charge is 0.330 e. The molecule has 1 N–H and O–H groups in total. The van der Waals surface area contributed by atoms with Crippen LogP contribution >= 0.6 is 0 Å². The topological polar surface area (TPSA) is 38.3 Å². The molecule has 4 heteroatoms. The lowest BCUT2D eigenvalue weighted by atomic mass is 9.89. The molecule has 0 radical (unpaired) electrons. The quantitative estimate of drug-likeness (QED) is 0.682. The van der Waals surface area contributed by atoms with Crippen molar-refractivity contribution in [1.29, 1.82) is 0 Å². The summed E-state index contributed by atoms with van der Waals surface area (Å²) < 4.78 is 19.1. The molecule has 1 aromatic carbocycles. The van der Waals surface area contributed by atoms with E-state index in [1.807, 2.05) is 0 Å². The number of methoxy groups -OCH3 is 1. The molecule has 1 fully saturated rings. The largest absolute Gasteiger partial charge is 0.467 e. The average molecular weight is 293 g/mol. The zero-order chi connectivity index (χ0) is 15.3. The van der Waals surface area contributed by atoms with Crippen LogP contribution in [0.3, 0.4) is 0 Å². The molecule has 0 amide bonds. The molecule has 3 nitrogen and oxygen atoms in total. The maximum atomic E-state index is 14.2. The van der Waals surface area contributed by atoms with E-state index in [4.69, 9.17) is 4.74 Å². The van der Waals surface area contributed by atoms with Crippen LogP contribution in [0, 0.1) is 5.82 Å². The van der Waals surface area contributed by atoms with E-state index in [1.165, 1.54) is 26.0 Å². The van der Waals surface area contributed by atoms with Gasteiger partial charge in [-0.3, -0.25) is 5.32 Å². The van der Waals surface area contributed by atoms with Crippen LogP contribution < -0.4 is 5.32 Å². The molecule has 116 valence electrons. The highest BCUT2D eigenvalue weighted by Gasteiger charge is 2.40. The zero-order valence-electron chi connectivity index (χ0n) is 12.8. The van der Waals surface area contributed by atoms with Crippen LogP contribution in [0.25, 0.3) is 0 Å². The van der Waals surface area contributed by atoms with E-state index < -0.39 is 11.5 Å². The first-order valence-corrected chi connectivity index (χ1v) is 7.69. The summed E-state index contributed by atoms with van der Waals surface area (Å²) in [5.41, 5.74) is -0.796. The first kappa shape index (κ1) is 16.0. The molecule has 0 heterocycles. The lowest BCUT2D eigenvalue weighted by Crippen LogP contribution is -2.52. The number of halogens is 1. The van der Waals surface area contributed by atoms with Gasteiger partial charge in [0.2, 0.25) is 0 Å². The molecule has 0 aliphatic heterocycles. The van der Waals surface area contributed by atoms with E-state index in [9.17, 15) is 9.18 Å². The fourth-order valence-corrected chi connectivity index (χ4v) is 3.15. The number of rotatable bonds is 4. The van der Waals surface area contributed by atoms with Gasteiger partial charge in [-0.05, 0) is 25.8 Å². The van der Waals surface area contributed by atoms with Crippen molar-refractivity contribution in [2.45, 2.75) is 57.0 Å². The summed E-state index contributed by atoms with van der Waals surface area (Å²) in [6.07, 6.45) is 6.78. The fraction of sp³-hybridized carbons (Fsp3) is 0.588. The summed E-state index contributed by atoms with van der Waals surface area (Å²) in [5, 5.41) is 3.37. The van der Waals surface area contributed by atoms with Crippen molar-refractivity contribution in [3.05, 3.63) is 35.6 Å². The van der Waals surface area contributed by atoms with Gasteiger partial charge in [0.05, 0.1) is 7.11 Å². The Bertz CT molecular complexity index is 483. The zero-order valence-corrected chi connectivity index (χ0v) is 12.8. The monoisotopic (exact) mass is 293 g/mol. The van der Waals surface area contributed by atoms with Crippen molar-refractivity contribution < 1.29 is 13.9 Å². The van der Waals surface area contributed by atoms with Gasteiger partial charge >= 0.3 is 5.97 Å². The van der Waals surface area contributed by atoms with Crippen LogP contribution in [0.2, 0.25) is 0 Å². The highest BCUT2D eigenvalue weighted by molar-refractivity contribution is 5.82. The molecule has 1 aromatic rings. The number of nitrogens with one attached hydrogen (secondary N) is 1. The van der Waals surface area contributed by atoms with E-state index >= 15 is 0 Å². The molecule has 1 aliphatic rings. The minimum Gasteiger partial charge on any atom is -0.467 e. The lowest BCUT2D eigenvalue weighted by molar-refractivity contribution is -0.149. The minimum atomic E-state index is -1.14. The molecule has 0 spiro atoms. The number of carbonyl (C=O) groups excluding carboxylic acids is 1. The van der Waals surface area contributed by atoms with Gasteiger partial charge < -0.3 is 4.74 Å². The average Bonchev–Trinajstić information content (AvgIpc) is 2.75. The van der Waals surface area contributed by atoms with Gasteiger partial charge in [-0.2, -0.15) is 0 Å². The van der Waals surface area contributed by atoms with Gasteiger partial charge in [0.25, 0.3) is 0 Å². The van der Waals surface area contributed by atoms with Gasteiger partial charge in [0.1, 0.15) is 11.4 Å². The number of carbonyl (C=O) groups is 1. The molecular weight excluding hydrogens is 269 g/mol. The molecule has 1 atom stereocenters. The minimum absolute atomic E-state index is 0.219. The Kier molecular flexibility index (Phi) is 5.34. The van der Waals surface area contributed by atoms with E-state index in [1.54, 1.807) is 25.1 Å². The third-order valence-corrected chi connectivity index (χ3v) is 4.35. The molecule has 1 aliphatic carbocycles. The van der Waals surface area contributed by atoms with Crippen molar-refractivity contribution >= 4 is 5.97 Å². The second-order valence-corrected chi connectivity index (χ2v) is 5.93. The Hall–Kier alpha value is -1.42. The van der Waals surface area contributed by atoms with Crippen molar-refractivity contribution in [1.82, 2.24) is 5.32 Å². The van der Waals surface area contributed by atoms with Crippen molar-refractivity contribution in [2.24, 2.45) is 0 Å². The molecule has 21 heavy (non-hydrogen) atoms. The van der Waals surface area contributed by atoms with Crippen molar-refractivity contribution in [3.8, 4) is 0 Å². The van der Waals surface area contributed by atoms with Gasteiger partial charge in [0.15, 0.2) is 0 Å². The Morgan fingerprint density at radius 3 is 2.43 bits per heavy atom. The summed E-state index contributed by atoms with van der Waals surface area (Å²) >= 11 is 0. The highest BCUT2D eigenvalue weighted by atomic mass is 19.1. The van der Waals surface area contributed by atoms with Gasteiger partial charge in [0, 0.05) is 11.6 Å². The molecule has 0 saturated heterocycles. The molecular formula is C17H24FNO2. The Morgan fingerprint density at radius 1 is 1.24 bits per heavy atom. The second kappa shape index (κ2) is 7.03. The van der Waals surface area contributed by atoms with E-state index in [0.717, 1.165) is 25.7 Å². The van der Waals surface area contributed by atoms with E-state index in [2.05, 4.69) is 5.32 Å². The Labute approximate surface area is 125 Å². The second-order valence-electron chi connectivity index (χ2n) is 5.93. The normalized spacial score (nSPS) is 19.6. The molecule has 2 rings (SSSR count). The number of ether oxygens (including phenoxy) is 1. The van der Waals surface area contributed by atoms with Crippen LogP contribution in [-0.2, 0) is 15.1 Å². The highest BCUT2D eigenvalue weighted by Crippen LogP contribution is 2.28. The maximum absolute atomic E-state index is 14.2. The summed E-state index contributed by atoms with van der Waals surface area (Å²) in [7, 11) is 1.34. The van der Waals surface area contributed by atoms with E-state index in [0.29, 0.717) is 5.56 Å². The van der Waals surface area contributed by atoms with Gasteiger partial charge in [-0.1, -0.05) is 43.9 Å². The van der Waals surface area contributed by atoms with Crippen LogP contribution in [0.15, 0.2) is 24.3 Å². The summed E-state index contributed by atoms with van der Waals surface area (Å²) in [4.78, 5) is 12.3. The fourth-order valence-electron chi connectivity index (χ4n) is 3.15. The molecule has 1 unspecified atom stereocenters. The maximum Gasteiger partial charge on any atom is 0.330 e. The first-order chi connectivity index (χ1) is 10.1. The molecule has 0 aromatic heterocycles. The Morgan fingerprint density at radius 2 is 1.86 bits per heavy atom. The van der Waals surface area contributed by atoms with Crippen molar-refractivity contribution in [3.63, 3.8) is 0 Å². The van der Waals surface area contributed by atoms with Crippen molar-refractivity contribution in [2.75, 3.05) is 7.11 Å². The first-order valence-electron chi connectivity index (χ1n) is 7.69. The van der Waals surface area contributed by atoms with Crippen LogP contribution in [0.5, 0.6) is 0 Å². The predicted octanol–water partition coefficient (Wildman–Crippen LogP) is 3.53. The summed E-state index contributed by atoms with van der Waals surface area (Å²) in [6, 6.07) is 6.62. The van der Waals surface area contributed by atoms with Crippen LogP contribution in [0.4, 0.5) is 4.39 Å². The SMILES string of the molecule is COC(=O)C(C)(NC1CCCCCC1)c1ccccc1F. The lowest BCUT2D eigenvalue weighted by Gasteiger charge is -2.33. The number of benzene rings is 1. The van der Waals surface area contributed by atoms with Gasteiger partial charge in [-0.25, -0.2) is 9.18 Å².